The summed E-state index contributed by atoms with van der Waals surface area (Å²) in [7, 11) is 0. The maximum absolute atomic E-state index is 13.2. The first-order valence-corrected chi connectivity index (χ1v) is 5.12. The summed E-state index contributed by atoms with van der Waals surface area (Å²) in [6.07, 6.45) is 0.904. The Kier molecular flexibility index (Phi) is 4.89. The van der Waals surface area contributed by atoms with E-state index in [9.17, 15) is 14.0 Å². The monoisotopic (exact) mass is 233 g/mol. The minimum absolute atomic E-state index is 0.0282. The van der Waals surface area contributed by atoms with E-state index in [0.29, 0.717) is 24.8 Å². The summed E-state index contributed by atoms with van der Waals surface area (Å²) in [4.78, 5) is 21.2. The fraction of sp³-hybridized carbons (Fsp3) is 0.231. The van der Waals surface area contributed by atoms with E-state index in [-0.39, 0.29) is 11.5 Å². The van der Waals surface area contributed by atoms with Gasteiger partial charge in [-0.3, -0.25) is 9.59 Å². The van der Waals surface area contributed by atoms with E-state index in [1.54, 1.807) is 6.07 Å². The molecule has 0 heterocycles. The first-order chi connectivity index (χ1) is 8.15. The lowest BCUT2D eigenvalue weighted by Gasteiger charge is -1.97. The largest absolute Gasteiger partial charge is 0.355 e. The fourth-order valence-corrected chi connectivity index (χ4v) is 1.22. The average Bonchev–Trinajstić information content (AvgIpc) is 2.28. The van der Waals surface area contributed by atoms with Crippen LogP contribution in [-0.2, 0) is 4.79 Å². The molecule has 0 saturated heterocycles. The lowest BCUT2D eigenvalue weighted by Crippen LogP contribution is -2.20. The first-order valence-electron chi connectivity index (χ1n) is 5.12. The Labute approximate surface area is 99.0 Å². The highest BCUT2D eigenvalue weighted by Crippen LogP contribution is 2.09. The molecule has 4 heteroatoms. The molecule has 0 fully saturated rings. The van der Waals surface area contributed by atoms with Crippen molar-refractivity contribution in [3.8, 4) is 11.8 Å². The molecular formula is C13H12FNO2. The van der Waals surface area contributed by atoms with Crippen molar-refractivity contribution in [1.82, 2.24) is 5.32 Å². The number of nitrogens with one attached hydrogen (secondary N) is 1. The molecule has 0 saturated carbocycles. The van der Waals surface area contributed by atoms with Gasteiger partial charge in [0, 0.05) is 25.5 Å². The molecule has 1 rings (SSSR count). The first kappa shape index (κ1) is 12.9. The van der Waals surface area contributed by atoms with E-state index < -0.39 is 5.82 Å². The number of hydrogen-bond acceptors (Lipinski definition) is 2. The Morgan fingerprint density at radius 3 is 2.94 bits per heavy atom. The average molecular weight is 233 g/mol. The summed E-state index contributed by atoms with van der Waals surface area (Å²) in [6.45, 7) is 1.86. The molecule has 0 aliphatic rings. The molecule has 1 amide bonds. The van der Waals surface area contributed by atoms with Crippen LogP contribution in [0, 0.1) is 17.7 Å². The summed E-state index contributed by atoms with van der Waals surface area (Å²) in [6, 6.07) is 4.30. The zero-order chi connectivity index (χ0) is 12.7. The van der Waals surface area contributed by atoms with E-state index in [2.05, 4.69) is 17.2 Å². The third kappa shape index (κ3) is 4.07. The Bertz CT molecular complexity index is 486. The third-order valence-electron chi connectivity index (χ3n) is 2.02. The molecule has 0 aliphatic heterocycles. The molecule has 0 bridgehead atoms. The van der Waals surface area contributed by atoms with Gasteiger partial charge in [0.05, 0.1) is 5.56 Å². The van der Waals surface area contributed by atoms with Gasteiger partial charge in [-0.15, -0.1) is 0 Å². The van der Waals surface area contributed by atoms with Crippen LogP contribution in [0.25, 0.3) is 0 Å². The standard InChI is InChI=1S/C13H12FNO2/c1-10(17)15-8-3-2-5-11-6-4-7-13(14)12(11)9-16/h4,6-7,9H,3,8H2,1H3,(H,15,17). The lowest BCUT2D eigenvalue weighted by molar-refractivity contribution is -0.118. The van der Waals surface area contributed by atoms with E-state index in [4.69, 9.17) is 0 Å². The normalized spacial score (nSPS) is 9.06. The van der Waals surface area contributed by atoms with Crippen molar-refractivity contribution >= 4 is 12.2 Å². The van der Waals surface area contributed by atoms with E-state index in [1.807, 2.05) is 0 Å². The van der Waals surface area contributed by atoms with Gasteiger partial charge in [-0.1, -0.05) is 17.9 Å². The molecule has 3 nitrogen and oxygen atoms in total. The number of benzene rings is 1. The van der Waals surface area contributed by atoms with Gasteiger partial charge < -0.3 is 5.32 Å². The smallest absolute Gasteiger partial charge is 0.216 e. The minimum Gasteiger partial charge on any atom is -0.355 e. The Morgan fingerprint density at radius 2 is 2.29 bits per heavy atom. The fourth-order valence-electron chi connectivity index (χ4n) is 1.22. The highest BCUT2D eigenvalue weighted by molar-refractivity contribution is 5.79. The maximum atomic E-state index is 13.2. The third-order valence-corrected chi connectivity index (χ3v) is 2.02. The van der Waals surface area contributed by atoms with E-state index in [0.717, 1.165) is 0 Å². The second-order valence-electron chi connectivity index (χ2n) is 3.35. The maximum Gasteiger partial charge on any atom is 0.216 e. The summed E-state index contributed by atoms with van der Waals surface area (Å²) in [5.41, 5.74) is 0.336. The summed E-state index contributed by atoms with van der Waals surface area (Å²) >= 11 is 0. The van der Waals surface area contributed by atoms with Crippen molar-refractivity contribution < 1.29 is 14.0 Å². The molecule has 1 aromatic carbocycles. The molecule has 1 N–H and O–H groups in total. The van der Waals surface area contributed by atoms with Crippen LogP contribution in [0.15, 0.2) is 18.2 Å². The molecule has 17 heavy (non-hydrogen) atoms. The zero-order valence-electron chi connectivity index (χ0n) is 9.42. The SMILES string of the molecule is CC(=O)NCCC#Cc1cccc(F)c1C=O. The van der Waals surface area contributed by atoms with E-state index in [1.165, 1.54) is 19.1 Å². The van der Waals surface area contributed by atoms with Crippen molar-refractivity contribution in [3.63, 3.8) is 0 Å². The molecule has 0 aliphatic carbocycles. The van der Waals surface area contributed by atoms with Crippen molar-refractivity contribution in [1.29, 1.82) is 0 Å². The number of halogens is 1. The Hall–Kier alpha value is -2.15. The van der Waals surface area contributed by atoms with Crippen LogP contribution in [-0.4, -0.2) is 18.7 Å². The van der Waals surface area contributed by atoms with Gasteiger partial charge in [0.1, 0.15) is 5.82 Å². The van der Waals surface area contributed by atoms with Gasteiger partial charge >= 0.3 is 0 Å². The topological polar surface area (TPSA) is 46.2 Å². The highest BCUT2D eigenvalue weighted by Gasteiger charge is 2.04. The molecule has 0 radical (unpaired) electrons. The van der Waals surface area contributed by atoms with Gasteiger partial charge in [0.15, 0.2) is 6.29 Å². The van der Waals surface area contributed by atoms with Gasteiger partial charge in [0.2, 0.25) is 5.91 Å². The van der Waals surface area contributed by atoms with Gasteiger partial charge in [-0.2, -0.15) is 0 Å². The van der Waals surface area contributed by atoms with Crippen LogP contribution in [0.1, 0.15) is 29.3 Å². The highest BCUT2D eigenvalue weighted by atomic mass is 19.1. The van der Waals surface area contributed by atoms with Crippen LogP contribution in [0.5, 0.6) is 0 Å². The van der Waals surface area contributed by atoms with Crippen molar-refractivity contribution in [2.45, 2.75) is 13.3 Å². The van der Waals surface area contributed by atoms with Crippen LogP contribution >= 0.6 is 0 Å². The number of amides is 1. The predicted octanol–water partition coefficient (Wildman–Crippen LogP) is 1.52. The van der Waals surface area contributed by atoms with Crippen molar-refractivity contribution in [3.05, 3.63) is 35.1 Å². The van der Waals surface area contributed by atoms with Crippen LogP contribution in [0.3, 0.4) is 0 Å². The van der Waals surface area contributed by atoms with Crippen LogP contribution in [0.2, 0.25) is 0 Å². The summed E-state index contributed by atoms with van der Waals surface area (Å²) < 4.78 is 13.2. The summed E-state index contributed by atoms with van der Waals surface area (Å²) in [5.74, 6) is 4.78. The Balaban J connectivity index is 2.68. The lowest BCUT2D eigenvalue weighted by atomic mass is 10.1. The second-order valence-corrected chi connectivity index (χ2v) is 3.35. The number of carbonyl (C=O) groups excluding carboxylic acids is 2. The number of hydrogen-bond donors (Lipinski definition) is 1. The zero-order valence-corrected chi connectivity index (χ0v) is 9.42. The minimum atomic E-state index is -0.575. The van der Waals surface area contributed by atoms with Gasteiger partial charge in [-0.05, 0) is 12.1 Å². The molecule has 0 unspecified atom stereocenters. The molecule has 0 aromatic heterocycles. The number of carbonyl (C=O) groups is 2. The molecule has 0 atom stereocenters. The molecule has 88 valence electrons. The predicted molar refractivity (Wildman–Crippen MR) is 62.0 cm³/mol. The molecular weight excluding hydrogens is 221 g/mol. The molecule has 1 aromatic rings. The number of aldehydes is 1. The van der Waals surface area contributed by atoms with Crippen LogP contribution in [0.4, 0.5) is 4.39 Å². The summed E-state index contributed by atoms with van der Waals surface area (Å²) in [5, 5.41) is 2.59. The number of rotatable bonds is 3. The van der Waals surface area contributed by atoms with E-state index >= 15 is 0 Å². The van der Waals surface area contributed by atoms with Crippen molar-refractivity contribution in [2.75, 3.05) is 6.54 Å². The second kappa shape index (κ2) is 6.44. The van der Waals surface area contributed by atoms with Crippen molar-refractivity contribution in [2.24, 2.45) is 0 Å². The molecule has 0 spiro atoms. The quantitative estimate of drug-likeness (QED) is 0.488. The van der Waals surface area contributed by atoms with Gasteiger partial charge in [0.25, 0.3) is 0 Å². The van der Waals surface area contributed by atoms with Gasteiger partial charge in [-0.25, -0.2) is 4.39 Å². The Morgan fingerprint density at radius 1 is 1.53 bits per heavy atom. The van der Waals surface area contributed by atoms with Crippen LogP contribution < -0.4 is 5.32 Å².